The highest BCUT2D eigenvalue weighted by atomic mass is 16.4. The minimum atomic E-state index is -0.931. The van der Waals surface area contributed by atoms with Gasteiger partial charge in [0, 0.05) is 5.41 Å². The van der Waals surface area contributed by atoms with Crippen LogP contribution in [0.5, 0.6) is 0 Å². The van der Waals surface area contributed by atoms with Crippen molar-refractivity contribution in [1.29, 1.82) is 0 Å². The lowest BCUT2D eigenvalue weighted by Crippen LogP contribution is -2.48. The first kappa shape index (κ1) is 14.0. The number of carbonyl (C=O) groups is 2. The van der Waals surface area contributed by atoms with Crippen molar-refractivity contribution in [3.8, 4) is 0 Å². The average Bonchev–Trinajstić information content (AvgIpc) is 2.29. The molecule has 1 aliphatic rings. The Morgan fingerprint density at radius 1 is 1.29 bits per heavy atom. The number of carbonyl (C=O) groups excluding carboxylic acids is 1. The molecule has 0 aliphatic heterocycles. The van der Waals surface area contributed by atoms with Crippen LogP contribution < -0.4 is 5.32 Å². The number of hydrogen-bond donors (Lipinski definition) is 2. The molecule has 17 heavy (non-hydrogen) atoms. The molecule has 0 aromatic carbocycles. The van der Waals surface area contributed by atoms with Crippen LogP contribution in [0, 0.1) is 5.41 Å². The van der Waals surface area contributed by atoms with E-state index in [1.165, 1.54) is 6.42 Å². The Kier molecular flexibility index (Phi) is 4.97. The van der Waals surface area contributed by atoms with Gasteiger partial charge in [-0.05, 0) is 19.3 Å². The summed E-state index contributed by atoms with van der Waals surface area (Å²) in [5, 5.41) is 11.7. The molecule has 0 saturated heterocycles. The zero-order valence-electron chi connectivity index (χ0n) is 10.8. The lowest BCUT2D eigenvalue weighted by atomic mass is 9.75. The molecule has 1 fully saturated rings. The fourth-order valence-electron chi connectivity index (χ4n) is 2.44. The predicted octanol–water partition coefficient (Wildman–Crippen LogP) is 2.33. The third-order valence-electron chi connectivity index (χ3n) is 3.69. The first-order chi connectivity index (χ1) is 7.99. The molecule has 1 atom stereocenters. The van der Waals surface area contributed by atoms with Gasteiger partial charge in [0.05, 0.1) is 0 Å². The van der Waals surface area contributed by atoms with E-state index in [0.717, 1.165) is 32.1 Å². The summed E-state index contributed by atoms with van der Waals surface area (Å²) in [6.45, 7) is 3.87. The van der Waals surface area contributed by atoms with Crippen LogP contribution >= 0.6 is 0 Å². The summed E-state index contributed by atoms with van der Waals surface area (Å²) in [6, 6.07) is -0.730. The van der Waals surface area contributed by atoms with E-state index in [4.69, 9.17) is 5.11 Å². The highest BCUT2D eigenvalue weighted by Crippen LogP contribution is 2.35. The zero-order chi connectivity index (χ0) is 12.9. The molecule has 2 N–H and O–H groups in total. The fraction of sp³-hybridized carbons (Fsp3) is 0.846. The Hall–Kier alpha value is -1.06. The largest absolute Gasteiger partial charge is 0.480 e. The van der Waals surface area contributed by atoms with Gasteiger partial charge in [0.2, 0.25) is 5.91 Å². The third kappa shape index (κ3) is 3.72. The Bertz CT molecular complexity index is 282. The number of hydrogen-bond acceptors (Lipinski definition) is 2. The van der Waals surface area contributed by atoms with E-state index in [1.54, 1.807) is 0 Å². The maximum atomic E-state index is 12.1. The van der Waals surface area contributed by atoms with E-state index < -0.39 is 12.0 Å². The second-order valence-corrected chi connectivity index (χ2v) is 5.27. The van der Waals surface area contributed by atoms with Gasteiger partial charge in [-0.25, -0.2) is 4.79 Å². The molecule has 0 bridgehead atoms. The van der Waals surface area contributed by atoms with Gasteiger partial charge in [0.15, 0.2) is 0 Å². The maximum absolute atomic E-state index is 12.1. The van der Waals surface area contributed by atoms with Gasteiger partial charge in [0.1, 0.15) is 6.04 Å². The highest BCUT2D eigenvalue weighted by molar-refractivity contribution is 5.87. The quantitative estimate of drug-likeness (QED) is 0.776. The normalized spacial score (nSPS) is 20.6. The molecule has 1 rings (SSSR count). The molecule has 0 radical (unpaired) electrons. The van der Waals surface area contributed by atoms with Crippen molar-refractivity contribution in [3.63, 3.8) is 0 Å². The van der Waals surface area contributed by atoms with Crippen molar-refractivity contribution >= 4 is 11.9 Å². The monoisotopic (exact) mass is 241 g/mol. The van der Waals surface area contributed by atoms with Crippen molar-refractivity contribution in [3.05, 3.63) is 0 Å². The molecular formula is C13H23NO3. The van der Waals surface area contributed by atoms with Gasteiger partial charge in [-0.2, -0.15) is 0 Å². The summed E-state index contributed by atoms with van der Waals surface area (Å²) in [7, 11) is 0. The first-order valence-corrected chi connectivity index (χ1v) is 6.53. The predicted molar refractivity (Wildman–Crippen MR) is 65.7 cm³/mol. The minimum Gasteiger partial charge on any atom is -0.480 e. The first-order valence-electron chi connectivity index (χ1n) is 6.53. The van der Waals surface area contributed by atoms with Crippen LogP contribution in [0.3, 0.4) is 0 Å². The Balaban J connectivity index is 2.59. The zero-order valence-corrected chi connectivity index (χ0v) is 10.8. The van der Waals surface area contributed by atoms with Crippen LogP contribution in [0.25, 0.3) is 0 Å². The molecule has 1 saturated carbocycles. The molecule has 4 nitrogen and oxygen atoms in total. The Morgan fingerprint density at radius 2 is 1.88 bits per heavy atom. The van der Waals surface area contributed by atoms with Crippen molar-refractivity contribution in [2.45, 2.75) is 64.8 Å². The van der Waals surface area contributed by atoms with Crippen molar-refractivity contribution in [1.82, 2.24) is 5.32 Å². The second-order valence-electron chi connectivity index (χ2n) is 5.27. The van der Waals surface area contributed by atoms with E-state index in [9.17, 15) is 9.59 Å². The molecule has 0 spiro atoms. The van der Waals surface area contributed by atoms with Gasteiger partial charge < -0.3 is 10.4 Å². The average molecular weight is 241 g/mol. The van der Waals surface area contributed by atoms with Gasteiger partial charge in [0.25, 0.3) is 0 Å². The van der Waals surface area contributed by atoms with E-state index in [-0.39, 0.29) is 11.3 Å². The van der Waals surface area contributed by atoms with Crippen LogP contribution in [0.1, 0.15) is 58.8 Å². The summed E-state index contributed by atoms with van der Waals surface area (Å²) in [6.07, 6.45) is 6.31. The molecule has 98 valence electrons. The minimum absolute atomic E-state index is 0.0851. The third-order valence-corrected chi connectivity index (χ3v) is 3.69. The van der Waals surface area contributed by atoms with E-state index in [0.29, 0.717) is 6.42 Å². The second kappa shape index (κ2) is 6.03. The van der Waals surface area contributed by atoms with Gasteiger partial charge in [-0.3, -0.25) is 4.79 Å². The van der Waals surface area contributed by atoms with Gasteiger partial charge in [-0.1, -0.05) is 39.5 Å². The molecule has 0 unspecified atom stereocenters. The summed E-state index contributed by atoms with van der Waals surface area (Å²) in [5.74, 6) is -1.02. The van der Waals surface area contributed by atoms with E-state index >= 15 is 0 Å². The summed E-state index contributed by atoms with van der Waals surface area (Å²) in [5.41, 5.74) is -0.361. The summed E-state index contributed by atoms with van der Waals surface area (Å²) in [4.78, 5) is 23.1. The molecule has 4 heteroatoms. The molecule has 0 aromatic heterocycles. The molecule has 1 amide bonds. The van der Waals surface area contributed by atoms with Crippen LogP contribution in [0.15, 0.2) is 0 Å². The fourth-order valence-corrected chi connectivity index (χ4v) is 2.44. The summed E-state index contributed by atoms with van der Waals surface area (Å²) >= 11 is 0. The number of aliphatic carboxylic acids is 1. The standard InChI is InChI=1S/C13H23NO3/c1-3-7-10(11(15)16)14-12(17)13(2)8-5-4-6-9-13/h10H,3-9H2,1-2H3,(H,14,17)(H,15,16)/t10-/m1/s1. The molecular weight excluding hydrogens is 218 g/mol. The molecule has 1 aliphatic carbocycles. The van der Waals surface area contributed by atoms with E-state index in [2.05, 4.69) is 5.32 Å². The summed E-state index contributed by atoms with van der Waals surface area (Å²) < 4.78 is 0. The maximum Gasteiger partial charge on any atom is 0.326 e. The van der Waals surface area contributed by atoms with Crippen molar-refractivity contribution in [2.75, 3.05) is 0 Å². The van der Waals surface area contributed by atoms with Crippen LogP contribution in [-0.2, 0) is 9.59 Å². The topological polar surface area (TPSA) is 66.4 Å². The molecule has 0 aromatic rings. The lowest BCUT2D eigenvalue weighted by molar-refractivity contribution is -0.144. The lowest BCUT2D eigenvalue weighted by Gasteiger charge is -2.33. The van der Waals surface area contributed by atoms with Crippen LogP contribution in [0.4, 0.5) is 0 Å². The Morgan fingerprint density at radius 3 is 2.35 bits per heavy atom. The number of rotatable bonds is 5. The number of carboxylic acid groups (broad SMARTS) is 1. The smallest absolute Gasteiger partial charge is 0.326 e. The van der Waals surface area contributed by atoms with Gasteiger partial charge in [-0.15, -0.1) is 0 Å². The van der Waals surface area contributed by atoms with Gasteiger partial charge >= 0.3 is 5.97 Å². The SMILES string of the molecule is CCC[C@@H](NC(=O)C1(C)CCCCC1)C(=O)O. The number of nitrogens with one attached hydrogen (secondary N) is 1. The van der Waals surface area contributed by atoms with Crippen molar-refractivity contribution in [2.24, 2.45) is 5.41 Å². The number of carboxylic acids is 1. The van der Waals surface area contributed by atoms with Crippen LogP contribution in [0.2, 0.25) is 0 Å². The highest BCUT2D eigenvalue weighted by Gasteiger charge is 2.36. The van der Waals surface area contributed by atoms with Crippen molar-refractivity contribution < 1.29 is 14.7 Å². The molecule has 0 heterocycles. The van der Waals surface area contributed by atoms with E-state index in [1.807, 2.05) is 13.8 Å². The number of amides is 1. The van der Waals surface area contributed by atoms with Crippen LogP contribution in [-0.4, -0.2) is 23.0 Å². The Labute approximate surface area is 103 Å².